The van der Waals surface area contributed by atoms with Crippen LogP contribution in [0.1, 0.15) is 11.1 Å². The van der Waals surface area contributed by atoms with E-state index in [0.717, 1.165) is 16.9 Å². The van der Waals surface area contributed by atoms with Crippen LogP contribution >= 0.6 is 0 Å². The van der Waals surface area contributed by atoms with E-state index in [-0.39, 0.29) is 12.5 Å². The second-order valence-electron chi connectivity index (χ2n) is 5.29. The Morgan fingerprint density at radius 2 is 1.74 bits per heavy atom. The van der Waals surface area contributed by atoms with E-state index in [9.17, 15) is 4.79 Å². The standard InChI is InChI=1S/C18H22N2O3/c1-12-5-7-15(13(2)9-12)20-18(21)11-19-16-8-6-14(22-3)10-17(16)23-4/h5-10,19H,11H2,1-4H3,(H,20,21). The first-order valence-corrected chi connectivity index (χ1v) is 7.36. The maximum atomic E-state index is 12.1. The van der Waals surface area contributed by atoms with Gasteiger partial charge in [0, 0.05) is 11.8 Å². The maximum absolute atomic E-state index is 12.1. The molecule has 23 heavy (non-hydrogen) atoms. The minimum Gasteiger partial charge on any atom is -0.497 e. The molecular formula is C18H22N2O3. The number of benzene rings is 2. The van der Waals surface area contributed by atoms with E-state index in [1.807, 2.05) is 44.2 Å². The molecule has 1 amide bonds. The zero-order valence-corrected chi connectivity index (χ0v) is 13.9. The fourth-order valence-electron chi connectivity index (χ4n) is 2.27. The van der Waals surface area contributed by atoms with Crippen LogP contribution in [-0.2, 0) is 4.79 Å². The smallest absolute Gasteiger partial charge is 0.243 e. The number of carbonyl (C=O) groups is 1. The van der Waals surface area contributed by atoms with E-state index < -0.39 is 0 Å². The van der Waals surface area contributed by atoms with Crippen molar-refractivity contribution in [3.05, 3.63) is 47.5 Å². The number of aryl methyl sites for hydroxylation is 2. The van der Waals surface area contributed by atoms with Crippen molar-refractivity contribution in [3.63, 3.8) is 0 Å². The number of ether oxygens (including phenoxy) is 2. The second kappa shape index (κ2) is 7.54. The third-order valence-electron chi connectivity index (χ3n) is 3.50. The van der Waals surface area contributed by atoms with Gasteiger partial charge in [-0.25, -0.2) is 0 Å². The first kappa shape index (κ1) is 16.7. The van der Waals surface area contributed by atoms with Gasteiger partial charge in [0.2, 0.25) is 5.91 Å². The largest absolute Gasteiger partial charge is 0.497 e. The van der Waals surface area contributed by atoms with E-state index >= 15 is 0 Å². The Kier molecular flexibility index (Phi) is 5.46. The normalized spacial score (nSPS) is 10.1. The predicted octanol–water partition coefficient (Wildman–Crippen LogP) is 3.37. The summed E-state index contributed by atoms with van der Waals surface area (Å²) in [5.74, 6) is 1.21. The lowest BCUT2D eigenvalue weighted by molar-refractivity contribution is -0.114. The monoisotopic (exact) mass is 314 g/mol. The van der Waals surface area contributed by atoms with Crippen LogP contribution in [0.25, 0.3) is 0 Å². The summed E-state index contributed by atoms with van der Waals surface area (Å²) in [6.07, 6.45) is 0. The number of rotatable bonds is 6. The van der Waals surface area contributed by atoms with Crippen molar-refractivity contribution < 1.29 is 14.3 Å². The van der Waals surface area contributed by atoms with Gasteiger partial charge in [-0.15, -0.1) is 0 Å². The summed E-state index contributed by atoms with van der Waals surface area (Å²) >= 11 is 0. The van der Waals surface area contributed by atoms with E-state index in [1.165, 1.54) is 5.56 Å². The van der Waals surface area contributed by atoms with Crippen molar-refractivity contribution in [1.29, 1.82) is 0 Å². The molecule has 0 radical (unpaired) electrons. The highest BCUT2D eigenvalue weighted by molar-refractivity contribution is 5.94. The molecule has 0 saturated carbocycles. The molecule has 2 N–H and O–H groups in total. The topological polar surface area (TPSA) is 59.6 Å². The SMILES string of the molecule is COc1ccc(NCC(=O)Nc2ccc(C)cc2C)c(OC)c1. The molecule has 0 atom stereocenters. The van der Waals surface area contributed by atoms with Gasteiger partial charge in [0.1, 0.15) is 11.5 Å². The number of hydrogen-bond donors (Lipinski definition) is 2. The van der Waals surface area contributed by atoms with E-state index in [1.54, 1.807) is 20.3 Å². The van der Waals surface area contributed by atoms with Crippen molar-refractivity contribution in [2.45, 2.75) is 13.8 Å². The highest BCUT2D eigenvalue weighted by atomic mass is 16.5. The van der Waals surface area contributed by atoms with E-state index in [2.05, 4.69) is 10.6 Å². The van der Waals surface area contributed by atoms with Crippen LogP contribution < -0.4 is 20.1 Å². The molecule has 0 aliphatic rings. The second-order valence-corrected chi connectivity index (χ2v) is 5.29. The number of hydrogen-bond acceptors (Lipinski definition) is 4. The molecule has 122 valence electrons. The van der Waals surface area contributed by atoms with Crippen molar-refractivity contribution in [2.75, 3.05) is 31.4 Å². The van der Waals surface area contributed by atoms with Gasteiger partial charge in [-0.3, -0.25) is 4.79 Å². The van der Waals surface area contributed by atoms with Crippen LogP contribution in [0.2, 0.25) is 0 Å². The minimum absolute atomic E-state index is 0.116. The van der Waals surface area contributed by atoms with Gasteiger partial charge in [0.25, 0.3) is 0 Å². The van der Waals surface area contributed by atoms with Gasteiger partial charge in [-0.1, -0.05) is 17.7 Å². The molecule has 0 aliphatic carbocycles. The number of nitrogens with one attached hydrogen (secondary N) is 2. The molecule has 0 saturated heterocycles. The van der Waals surface area contributed by atoms with Crippen LogP contribution in [0.4, 0.5) is 11.4 Å². The van der Waals surface area contributed by atoms with Crippen LogP contribution in [0, 0.1) is 13.8 Å². The van der Waals surface area contributed by atoms with Gasteiger partial charge >= 0.3 is 0 Å². The molecule has 0 bridgehead atoms. The predicted molar refractivity (Wildman–Crippen MR) is 92.6 cm³/mol. The van der Waals surface area contributed by atoms with Crippen molar-refractivity contribution >= 4 is 17.3 Å². The van der Waals surface area contributed by atoms with Gasteiger partial charge in [-0.2, -0.15) is 0 Å². The summed E-state index contributed by atoms with van der Waals surface area (Å²) in [7, 11) is 3.18. The summed E-state index contributed by atoms with van der Waals surface area (Å²) in [5, 5.41) is 5.97. The lowest BCUT2D eigenvalue weighted by atomic mass is 10.1. The molecule has 2 rings (SSSR count). The third-order valence-corrected chi connectivity index (χ3v) is 3.50. The number of amides is 1. The van der Waals surface area contributed by atoms with Crippen LogP contribution in [0.3, 0.4) is 0 Å². The molecule has 0 unspecified atom stereocenters. The Morgan fingerprint density at radius 1 is 1.00 bits per heavy atom. The first-order chi connectivity index (χ1) is 11.0. The number of carbonyl (C=O) groups excluding carboxylic acids is 1. The Morgan fingerprint density at radius 3 is 2.39 bits per heavy atom. The minimum atomic E-state index is -0.116. The van der Waals surface area contributed by atoms with Gasteiger partial charge in [0.15, 0.2) is 0 Å². The molecule has 5 nitrogen and oxygen atoms in total. The summed E-state index contributed by atoms with van der Waals surface area (Å²) in [5.41, 5.74) is 3.77. The first-order valence-electron chi connectivity index (χ1n) is 7.36. The zero-order chi connectivity index (χ0) is 16.8. The van der Waals surface area contributed by atoms with E-state index in [4.69, 9.17) is 9.47 Å². The van der Waals surface area contributed by atoms with E-state index in [0.29, 0.717) is 11.5 Å². The Labute approximate surface area is 136 Å². The fourth-order valence-corrected chi connectivity index (χ4v) is 2.27. The van der Waals surface area contributed by atoms with Crippen molar-refractivity contribution in [1.82, 2.24) is 0 Å². The Hall–Kier alpha value is -2.69. The van der Waals surface area contributed by atoms with Crippen molar-refractivity contribution in [3.8, 4) is 11.5 Å². The van der Waals surface area contributed by atoms with Crippen LogP contribution in [0.15, 0.2) is 36.4 Å². The van der Waals surface area contributed by atoms with Crippen molar-refractivity contribution in [2.24, 2.45) is 0 Å². The lowest BCUT2D eigenvalue weighted by Crippen LogP contribution is -2.22. The molecule has 0 spiro atoms. The van der Waals surface area contributed by atoms with Gasteiger partial charge in [0.05, 0.1) is 26.5 Å². The highest BCUT2D eigenvalue weighted by Gasteiger charge is 2.08. The Balaban J connectivity index is 1.99. The van der Waals surface area contributed by atoms with Gasteiger partial charge in [-0.05, 0) is 37.6 Å². The van der Waals surface area contributed by atoms with Crippen LogP contribution in [-0.4, -0.2) is 26.7 Å². The average Bonchev–Trinajstić information content (AvgIpc) is 2.55. The molecule has 0 aromatic heterocycles. The number of methoxy groups -OCH3 is 2. The summed E-state index contributed by atoms with van der Waals surface area (Å²) in [6, 6.07) is 11.3. The zero-order valence-electron chi connectivity index (χ0n) is 13.9. The molecule has 2 aromatic carbocycles. The maximum Gasteiger partial charge on any atom is 0.243 e. The number of anilines is 2. The molecule has 0 fully saturated rings. The third kappa shape index (κ3) is 4.39. The Bertz CT molecular complexity index is 699. The summed E-state index contributed by atoms with van der Waals surface area (Å²) < 4.78 is 10.4. The van der Waals surface area contributed by atoms with Crippen LogP contribution in [0.5, 0.6) is 11.5 Å². The summed E-state index contributed by atoms with van der Waals surface area (Å²) in [6.45, 7) is 4.15. The highest BCUT2D eigenvalue weighted by Crippen LogP contribution is 2.28. The molecule has 5 heteroatoms. The lowest BCUT2D eigenvalue weighted by Gasteiger charge is -2.13. The van der Waals surface area contributed by atoms with Gasteiger partial charge < -0.3 is 20.1 Å². The molecular weight excluding hydrogens is 292 g/mol. The fraction of sp³-hybridized carbons (Fsp3) is 0.278. The average molecular weight is 314 g/mol. The molecule has 0 heterocycles. The summed E-state index contributed by atoms with van der Waals surface area (Å²) in [4.78, 5) is 12.1. The molecule has 2 aromatic rings. The molecule has 0 aliphatic heterocycles. The quantitative estimate of drug-likeness (QED) is 0.858.